The van der Waals surface area contributed by atoms with Gasteiger partial charge in [-0.3, -0.25) is 4.79 Å². The van der Waals surface area contributed by atoms with Crippen LogP contribution in [0.25, 0.3) is 0 Å². The van der Waals surface area contributed by atoms with Crippen molar-refractivity contribution in [1.82, 2.24) is 15.5 Å². The maximum atomic E-state index is 12.1. The second-order valence-electron chi connectivity index (χ2n) is 5.44. The molecule has 0 fully saturated rings. The number of nitrogens with zero attached hydrogens (tertiary/aromatic N) is 2. The molecule has 0 bridgehead atoms. The largest absolute Gasteiger partial charge is 0.467 e. The standard InChI is InChI=1S/C17H17ClN4O2S2/c1-11(12-4-2-5-13(18)8-12)20-15(23)10-25-17-22-21-16(26-17)19-9-14-6-3-7-24-14/h2-8,11H,9-10H2,1H3,(H,19,21)(H,20,23)/t11-/m1/s1. The lowest BCUT2D eigenvalue weighted by Gasteiger charge is -2.14. The predicted molar refractivity (Wildman–Crippen MR) is 105 cm³/mol. The number of furan rings is 1. The molecular weight excluding hydrogens is 392 g/mol. The molecule has 2 N–H and O–H groups in total. The van der Waals surface area contributed by atoms with Crippen molar-refractivity contribution in [3.63, 3.8) is 0 Å². The van der Waals surface area contributed by atoms with Gasteiger partial charge >= 0.3 is 0 Å². The van der Waals surface area contributed by atoms with Gasteiger partial charge in [0.05, 0.1) is 24.6 Å². The van der Waals surface area contributed by atoms with Gasteiger partial charge in [0.25, 0.3) is 0 Å². The highest BCUT2D eigenvalue weighted by atomic mass is 35.5. The van der Waals surface area contributed by atoms with Gasteiger partial charge in [-0.1, -0.05) is 46.8 Å². The van der Waals surface area contributed by atoms with Crippen LogP contribution >= 0.6 is 34.7 Å². The maximum absolute atomic E-state index is 12.1. The molecule has 0 aliphatic rings. The number of nitrogens with one attached hydrogen (secondary N) is 2. The summed E-state index contributed by atoms with van der Waals surface area (Å²) in [5.41, 5.74) is 0.969. The smallest absolute Gasteiger partial charge is 0.230 e. The first-order valence-corrected chi connectivity index (χ1v) is 10.1. The molecule has 0 spiro atoms. The summed E-state index contributed by atoms with van der Waals surface area (Å²) >= 11 is 8.75. The predicted octanol–water partition coefficient (Wildman–Crippen LogP) is 4.37. The zero-order valence-corrected chi connectivity index (χ0v) is 16.3. The van der Waals surface area contributed by atoms with E-state index in [2.05, 4.69) is 20.8 Å². The molecule has 0 unspecified atom stereocenters. The van der Waals surface area contributed by atoms with E-state index in [-0.39, 0.29) is 17.7 Å². The van der Waals surface area contributed by atoms with Crippen LogP contribution in [0, 0.1) is 0 Å². The molecule has 0 saturated heterocycles. The van der Waals surface area contributed by atoms with Crippen LogP contribution in [-0.2, 0) is 11.3 Å². The average molecular weight is 409 g/mol. The molecule has 136 valence electrons. The van der Waals surface area contributed by atoms with Crippen molar-refractivity contribution >= 4 is 45.7 Å². The number of benzene rings is 1. The Balaban J connectivity index is 1.44. The molecule has 1 amide bonds. The van der Waals surface area contributed by atoms with Crippen molar-refractivity contribution in [2.45, 2.75) is 23.8 Å². The number of halogens is 1. The van der Waals surface area contributed by atoms with Crippen LogP contribution in [0.15, 0.2) is 51.4 Å². The van der Waals surface area contributed by atoms with Crippen LogP contribution in [0.2, 0.25) is 5.02 Å². The highest BCUT2D eigenvalue weighted by Gasteiger charge is 2.12. The van der Waals surface area contributed by atoms with E-state index in [1.165, 1.54) is 23.1 Å². The minimum atomic E-state index is -0.109. The fourth-order valence-corrected chi connectivity index (χ4v) is 3.94. The zero-order chi connectivity index (χ0) is 18.4. The highest BCUT2D eigenvalue weighted by Crippen LogP contribution is 2.26. The highest BCUT2D eigenvalue weighted by molar-refractivity contribution is 8.01. The molecule has 0 aliphatic carbocycles. The Morgan fingerprint density at radius 1 is 1.35 bits per heavy atom. The van der Waals surface area contributed by atoms with Crippen LogP contribution in [0.3, 0.4) is 0 Å². The van der Waals surface area contributed by atoms with Gasteiger partial charge in [-0.25, -0.2) is 0 Å². The summed E-state index contributed by atoms with van der Waals surface area (Å²) in [5.74, 6) is 1.03. The lowest BCUT2D eigenvalue weighted by Crippen LogP contribution is -2.28. The number of amides is 1. The summed E-state index contributed by atoms with van der Waals surface area (Å²) in [6.07, 6.45) is 1.63. The number of anilines is 1. The maximum Gasteiger partial charge on any atom is 0.230 e. The minimum absolute atomic E-state index is 0.0669. The monoisotopic (exact) mass is 408 g/mol. The van der Waals surface area contributed by atoms with Gasteiger partial charge in [0.2, 0.25) is 11.0 Å². The lowest BCUT2D eigenvalue weighted by molar-refractivity contribution is -0.119. The SMILES string of the molecule is C[C@@H](NC(=O)CSc1nnc(NCc2ccco2)s1)c1cccc(Cl)c1. The van der Waals surface area contributed by atoms with Gasteiger partial charge in [0.1, 0.15) is 5.76 Å². The average Bonchev–Trinajstić information content (AvgIpc) is 3.30. The van der Waals surface area contributed by atoms with Crippen molar-refractivity contribution in [1.29, 1.82) is 0 Å². The van der Waals surface area contributed by atoms with Gasteiger partial charge < -0.3 is 15.1 Å². The third kappa shape index (κ3) is 5.48. The number of thioether (sulfide) groups is 1. The fourth-order valence-electron chi connectivity index (χ4n) is 2.19. The number of hydrogen-bond donors (Lipinski definition) is 2. The Morgan fingerprint density at radius 2 is 2.23 bits per heavy atom. The molecule has 0 aliphatic heterocycles. The molecular formula is C17H17ClN4O2S2. The molecule has 3 rings (SSSR count). The van der Waals surface area contributed by atoms with E-state index in [0.717, 1.165) is 15.7 Å². The van der Waals surface area contributed by atoms with Crippen LogP contribution < -0.4 is 10.6 Å². The Bertz CT molecular complexity index is 854. The summed E-state index contributed by atoms with van der Waals surface area (Å²) < 4.78 is 5.98. The number of carbonyl (C=O) groups is 1. The van der Waals surface area contributed by atoms with Crippen LogP contribution in [0.4, 0.5) is 5.13 Å². The number of aromatic nitrogens is 2. The summed E-state index contributed by atoms with van der Waals surface area (Å²) in [7, 11) is 0. The van der Waals surface area contributed by atoms with Crippen LogP contribution in [-0.4, -0.2) is 21.9 Å². The quantitative estimate of drug-likeness (QED) is 0.539. The summed E-state index contributed by atoms with van der Waals surface area (Å²) in [4.78, 5) is 12.1. The van der Waals surface area contributed by atoms with Gasteiger partial charge in [0, 0.05) is 5.02 Å². The van der Waals surface area contributed by atoms with Gasteiger partial charge in [0.15, 0.2) is 4.34 Å². The molecule has 2 heterocycles. The van der Waals surface area contributed by atoms with E-state index in [1.54, 1.807) is 6.26 Å². The number of carbonyl (C=O) groups excluding carboxylic acids is 1. The van der Waals surface area contributed by atoms with Crippen molar-refractivity contribution in [3.05, 3.63) is 59.0 Å². The molecule has 0 saturated carbocycles. The molecule has 1 atom stereocenters. The van der Waals surface area contributed by atoms with E-state index < -0.39 is 0 Å². The first kappa shape index (κ1) is 18.8. The molecule has 6 nitrogen and oxygen atoms in total. The summed E-state index contributed by atoms with van der Waals surface area (Å²) in [5, 5.41) is 15.6. The van der Waals surface area contributed by atoms with E-state index in [9.17, 15) is 4.79 Å². The van der Waals surface area contributed by atoms with Crippen molar-refractivity contribution in [2.75, 3.05) is 11.1 Å². The second kappa shape index (κ2) is 9.07. The topological polar surface area (TPSA) is 80.0 Å². The minimum Gasteiger partial charge on any atom is -0.467 e. The number of hydrogen-bond acceptors (Lipinski definition) is 7. The second-order valence-corrected chi connectivity index (χ2v) is 8.08. The molecule has 0 radical (unpaired) electrons. The fraction of sp³-hybridized carbons (Fsp3) is 0.235. The third-order valence-corrected chi connectivity index (χ3v) is 5.70. The van der Waals surface area contributed by atoms with E-state index in [4.69, 9.17) is 16.0 Å². The first-order valence-electron chi connectivity index (χ1n) is 7.87. The van der Waals surface area contributed by atoms with Crippen molar-refractivity contribution in [2.24, 2.45) is 0 Å². The summed E-state index contributed by atoms with van der Waals surface area (Å²) in [6.45, 7) is 2.47. The third-order valence-electron chi connectivity index (χ3n) is 3.45. The van der Waals surface area contributed by atoms with E-state index in [0.29, 0.717) is 16.7 Å². The van der Waals surface area contributed by atoms with Crippen molar-refractivity contribution in [3.8, 4) is 0 Å². The van der Waals surface area contributed by atoms with Crippen LogP contribution in [0.1, 0.15) is 24.3 Å². The molecule has 26 heavy (non-hydrogen) atoms. The Morgan fingerprint density at radius 3 is 3.00 bits per heavy atom. The zero-order valence-electron chi connectivity index (χ0n) is 13.9. The summed E-state index contributed by atoms with van der Waals surface area (Å²) in [6, 6.07) is 11.1. The first-order chi connectivity index (χ1) is 12.6. The number of rotatable bonds is 8. The molecule has 9 heteroatoms. The van der Waals surface area contributed by atoms with Gasteiger partial charge in [-0.2, -0.15) is 0 Å². The Hall–Kier alpha value is -2.03. The molecule has 1 aromatic carbocycles. The molecule has 2 aromatic heterocycles. The van der Waals surface area contributed by atoms with Gasteiger partial charge in [-0.05, 0) is 36.8 Å². The van der Waals surface area contributed by atoms with Crippen LogP contribution in [0.5, 0.6) is 0 Å². The van der Waals surface area contributed by atoms with Gasteiger partial charge in [-0.15, -0.1) is 10.2 Å². The Labute approximate surface area is 164 Å². The normalized spacial score (nSPS) is 11.9. The lowest BCUT2D eigenvalue weighted by atomic mass is 10.1. The Kier molecular flexibility index (Phi) is 6.54. The van der Waals surface area contributed by atoms with E-state index >= 15 is 0 Å². The van der Waals surface area contributed by atoms with E-state index in [1.807, 2.05) is 43.3 Å². The van der Waals surface area contributed by atoms with Crippen molar-refractivity contribution < 1.29 is 9.21 Å². The molecule has 3 aromatic rings.